The highest BCUT2D eigenvalue weighted by Crippen LogP contribution is 2.22. The molecule has 0 saturated carbocycles. The predicted octanol–water partition coefficient (Wildman–Crippen LogP) is 4.74. The topological polar surface area (TPSA) is 46.2 Å². The van der Waals surface area contributed by atoms with Crippen LogP contribution in [-0.4, -0.2) is 8.42 Å². The molecule has 1 N–H and O–H groups in total. The van der Waals surface area contributed by atoms with Crippen molar-refractivity contribution < 1.29 is 8.42 Å². The van der Waals surface area contributed by atoms with Gasteiger partial charge in [-0.15, -0.1) is 0 Å². The van der Waals surface area contributed by atoms with Gasteiger partial charge in [0.05, 0.1) is 5.75 Å². The van der Waals surface area contributed by atoms with E-state index in [9.17, 15) is 8.42 Å². The second-order valence-electron chi connectivity index (χ2n) is 5.63. The third-order valence-corrected chi connectivity index (χ3v) is 5.77. The van der Waals surface area contributed by atoms with Crippen LogP contribution < -0.4 is 4.72 Å². The average molecular weight is 386 g/mol. The maximum Gasteiger partial charge on any atom is 0.216 e. The maximum atomic E-state index is 12.4. The summed E-state index contributed by atoms with van der Waals surface area (Å²) in [5.74, 6) is -0.169. The molecule has 0 radical (unpaired) electrons. The molecule has 0 heterocycles. The Kier molecular flexibility index (Phi) is 6.70. The zero-order valence-electron chi connectivity index (χ0n) is 13.8. The van der Waals surface area contributed by atoms with Crippen molar-refractivity contribution in [3.63, 3.8) is 0 Å². The van der Waals surface area contributed by atoms with Crippen LogP contribution in [0.2, 0.25) is 10.0 Å². The van der Waals surface area contributed by atoms with E-state index in [1.54, 1.807) is 18.2 Å². The van der Waals surface area contributed by atoms with Crippen molar-refractivity contribution in [2.75, 3.05) is 0 Å². The van der Waals surface area contributed by atoms with Crippen molar-refractivity contribution in [1.29, 1.82) is 0 Å². The van der Waals surface area contributed by atoms with Crippen LogP contribution in [0.5, 0.6) is 0 Å². The summed E-state index contributed by atoms with van der Waals surface area (Å²) in [4.78, 5) is 0. The van der Waals surface area contributed by atoms with Gasteiger partial charge in [-0.1, -0.05) is 61.3 Å². The van der Waals surface area contributed by atoms with E-state index in [-0.39, 0.29) is 12.3 Å². The summed E-state index contributed by atoms with van der Waals surface area (Å²) in [6, 6.07) is 11.0. The lowest BCUT2D eigenvalue weighted by Crippen LogP contribution is -2.25. The smallest absolute Gasteiger partial charge is 0.212 e. The minimum atomic E-state index is -3.49. The van der Waals surface area contributed by atoms with Crippen LogP contribution in [0.15, 0.2) is 36.4 Å². The normalized spacial score (nSPS) is 11.7. The highest BCUT2D eigenvalue weighted by molar-refractivity contribution is 7.88. The SMILES string of the molecule is CCc1ccc(CC)c(CNS(=O)(=O)Cc2ccc(Cl)cc2Cl)c1. The van der Waals surface area contributed by atoms with Gasteiger partial charge < -0.3 is 0 Å². The molecule has 2 rings (SSSR count). The molecule has 0 fully saturated rings. The van der Waals surface area contributed by atoms with Gasteiger partial charge in [0.1, 0.15) is 0 Å². The van der Waals surface area contributed by atoms with Crippen molar-refractivity contribution in [2.45, 2.75) is 39.0 Å². The third-order valence-electron chi connectivity index (χ3n) is 3.90. The zero-order valence-corrected chi connectivity index (χ0v) is 16.1. The lowest BCUT2D eigenvalue weighted by atomic mass is 10.0. The highest BCUT2D eigenvalue weighted by atomic mass is 35.5. The standard InChI is InChI=1S/C18H21Cl2NO2S/c1-3-13-5-6-14(4-2)16(9-13)11-21-24(22,23)12-15-7-8-17(19)10-18(15)20/h5-10,21H,3-4,11-12H2,1-2H3. The molecule has 0 spiro atoms. The van der Waals surface area contributed by atoms with E-state index >= 15 is 0 Å². The largest absolute Gasteiger partial charge is 0.216 e. The number of benzene rings is 2. The summed E-state index contributed by atoms with van der Waals surface area (Å²) in [5, 5.41) is 0.841. The summed E-state index contributed by atoms with van der Waals surface area (Å²) < 4.78 is 27.4. The van der Waals surface area contributed by atoms with Crippen LogP contribution in [0.1, 0.15) is 36.1 Å². The fraction of sp³-hybridized carbons (Fsp3) is 0.333. The Morgan fingerprint density at radius 3 is 2.25 bits per heavy atom. The molecule has 0 aliphatic heterocycles. The molecule has 130 valence electrons. The Labute approximate surface area is 154 Å². The first-order valence-electron chi connectivity index (χ1n) is 7.86. The quantitative estimate of drug-likeness (QED) is 0.747. The molecule has 0 aliphatic rings. The summed E-state index contributed by atoms with van der Waals surface area (Å²) >= 11 is 11.9. The van der Waals surface area contributed by atoms with Crippen molar-refractivity contribution in [3.8, 4) is 0 Å². The molecule has 0 aromatic heterocycles. The monoisotopic (exact) mass is 385 g/mol. The second kappa shape index (κ2) is 8.34. The molecule has 6 heteroatoms. The van der Waals surface area contributed by atoms with Gasteiger partial charge in [-0.05, 0) is 47.2 Å². The number of hydrogen-bond acceptors (Lipinski definition) is 2. The molecule has 3 nitrogen and oxygen atoms in total. The predicted molar refractivity (Wildman–Crippen MR) is 101 cm³/mol. The minimum absolute atomic E-state index is 0.169. The van der Waals surface area contributed by atoms with Crippen molar-refractivity contribution in [1.82, 2.24) is 4.72 Å². The number of hydrogen-bond donors (Lipinski definition) is 1. The van der Waals surface area contributed by atoms with Crippen LogP contribution in [0.4, 0.5) is 0 Å². The summed E-state index contributed by atoms with van der Waals surface area (Å²) in [6.45, 7) is 4.43. The molecular weight excluding hydrogens is 365 g/mol. The van der Waals surface area contributed by atoms with E-state index in [0.29, 0.717) is 15.6 Å². The molecule has 0 bridgehead atoms. The van der Waals surface area contributed by atoms with E-state index in [2.05, 4.69) is 36.8 Å². The molecule has 0 saturated heterocycles. The first-order valence-corrected chi connectivity index (χ1v) is 10.3. The Hall–Kier alpha value is -1.07. The van der Waals surface area contributed by atoms with Gasteiger partial charge in [0, 0.05) is 16.6 Å². The highest BCUT2D eigenvalue weighted by Gasteiger charge is 2.15. The number of aryl methyl sites for hydroxylation is 2. The molecule has 2 aromatic carbocycles. The van der Waals surface area contributed by atoms with Crippen LogP contribution in [0.3, 0.4) is 0 Å². The third kappa shape index (κ3) is 5.21. The number of rotatable bonds is 7. The van der Waals surface area contributed by atoms with Crippen molar-refractivity contribution in [2.24, 2.45) is 0 Å². The maximum absolute atomic E-state index is 12.4. The second-order valence-corrected chi connectivity index (χ2v) is 8.28. The Morgan fingerprint density at radius 1 is 0.917 bits per heavy atom. The van der Waals surface area contributed by atoms with Gasteiger partial charge >= 0.3 is 0 Å². The van der Waals surface area contributed by atoms with Crippen LogP contribution in [0, 0.1) is 0 Å². The van der Waals surface area contributed by atoms with Gasteiger partial charge in [0.2, 0.25) is 10.0 Å². The van der Waals surface area contributed by atoms with Gasteiger partial charge in [-0.2, -0.15) is 0 Å². The van der Waals surface area contributed by atoms with E-state index < -0.39 is 10.0 Å². The first-order chi connectivity index (χ1) is 11.3. The van der Waals surface area contributed by atoms with E-state index in [4.69, 9.17) is 23.2 Å². The van der Waals surface area contributed by atoms with Crippen LogP contribution in [-0.2, 0) is 35.2 Å². The summed E-state index contributed by atoms with van der Waals surface area (Å²) in [5.41, 5.74) is 3.90. The van der Waals surface area contributed by atoms with Crippen molar-refractivity contribution in [3.05, 3.63) is 68.7 Å². The Balaban J connectivity index is 2.12. The first kappa shape index (κ1) is 19.3. The van der Waals surface area contributed by atoms with Gasteiger partial charge in [0.25, 0.3) is 0 Å². The lowest BCUT2D eigenvalue weighted by Gasteiger charge is -2.12. The number of nitrogens with one attached hydrogen (secondary N) is 1. The fourth-order valence-corrected chi connectivity index (χ4v) is 4.18. The van der Waals surface area contributed by atoms with Gasteiger partial charge in [-0.25, -0.2) is 13.1 Å². The molecule has 24 heavy (non-hydrogen) atoms. The van der Waals surface area contributed by atoms with E-state index in [1.807, 2.05) is 0 Å². The summed E-state index contributed by atoms with van der Waals surface area (Å²) in [7, 11) is -3.49. The minimum Gasteiger partial charge on any atom is -0.212 e. The Morgan fingerprint density at radius 2 is 1.62 bits per heavy atom. The fourth-order valence-electron chi connectivity index (χ4n) is 2.49. The van der Waals surface area contributed by atoms with Gasteiger partial charge in [-0.3, -0.25) is 0 Å². The number of halogens is 2. The molecule has 2 aromatic rings. The Bertz CT molecular complexity index is 820. The lowest BCUT2D eigenvalue weighted by molar-refractivity contribution is 0.580. The average Bonchev–Trinajstić information content (AvgIpc) is 2.55. The molecular formula is C18H21Cl2NO2S. The zero-order chi connectivity index (χ0) is 17.7. The number of sulfonamides is 1. The molecule has 0 amide bonds. The molecule has 0 atom stereocenters. The molecule has 0 unspecified atom stereocenters. The summed E-state index contributed by atoms with van der Waals surface area (Å²) in [6.07, 6.45) is 1.79. The van der Waals surface area contributed by atoms with E-state index in [0.717, 1.165) is 24.0 Å². The van der Waals surface area contributed by atoms with Crippen molar-refractivity contribution >= 4 is 33.2 Å². The molecule has 0 aliphatic carbocycles. The van der Waals surface area contributed by atoms with Crippen LogP contribution >= 0.6 is 23.2 Å². The van der Waals surface area contributed by atoms with Crippen LogP contribution in [0.25, 0.3) is 0 Å². The van der Waals surface area contributed by atoms with E-state index in [1.165, 1.54) is 5.56 Å². The van der Waals surface area contributed by atoms with Gasteiger partial charge in [0.15, 0.2) is 0 Å².